The van der Waals surface area contributed by atoms with Gasteiger partial charge in [0.2, 0.25) is 17.7 Å². The molecule has 0 aliphatic heterocycles. The van der Waals surface area contributed by atoms with Crippen LogP contribution < -0.4 is 20.1 Å². The predicted molar refractivity (Wildman–Crippen MR) is 336 cm³/mol. The lowest BCUT2D eigenvalue weighted by atomic mass is 10.1. The molecule has 0 aliphatic carbocycles. The van der Waals surface area contributed by atoms with E-state index in [0.717, 1.165) is 46.1 Å². The van der Waals surface area contributed by atoms with Crippen LogP contribution in [-0.4, -0.2) is 134 Å². The summed E-state index contributed by atoms with van der Waals surface area (Å²) in [6.45, 7) is 4.96. The minimum absolute atomic E-state index is 0.0154. The third-order valence-corrected chi connectivity index (χ3v) is 18.8. The maximum Gasteiger partial charge on any atom is 0.296 e. The van der Waals surface area contributed by atoms with Gasteiger partial charge in [0.15, 0.2) is 11.3 Å². The molecule has 488 valence electrons. The Morgan fingerprint density at radius 2 is 1.12 bits per heavy atom. The molecule has 7 aromatic rings. The Kier molecular flexibility index (Phi) is 22.7. The number of ether oxygens (including phenoxy) is 2. The predicted octanol–water partition coefficient (Wildman–Crippen LogP) is 11.2. The first-order chi connectivity index (χ1) is 43.0. The molecule has 92 heavy (non-hydrogen) atoms. The van der Waals surface area contributed by atoms with Crippen molar-refractivity contribution in [1.29, 1.82) is 5.26 Å². The number of fused-ring (bicyclic) bond motifs is 3. The third-order valence-electron chi connectivity index (χ3n) is 12.4. The number of aromatic hydroxyl groups is 1. The molecule has 2 amide bonds. The molecule has 0 bridgehead atoms. The Hall–Kier alpha value is -8.47. The molecule has 0 spiro atoms. The highest BCUT2D eigenvalue weighted by Gasteiger charge is 2.27. The lowest BCUT2D eigenvalue weighted by molar-refractivity contribution is -0.115. The van der Waals surface area contributed by atoms with E-state index in [9.17, 15) is 84.8 Å². The van der Waals surface area contributed by atoms with Crippen LogP contribution in [0.15, 0.2) is 133 Å². The minimum Gasteiger partial charge on any atom is -0.497 e. The van der Waals surface area contributed by atoms with Gasteiger partial charge in [0.05, 0.1) is 69.7 Å². The van der Waals surface area contributed by atoms with Gasteiger partial charge in [-0.3, -0.25) is 36.8 Å². The molecule has 2 heterocycles. The lowest BCUT2D eigenvalue weighted by Crippen LogP contribution is -2.08. The molecule has 0 atom stereocenters. The number of aryl methyl sites for hydroxylation is 1. The number of amides is 2. The summed E-state index contributed by atoms with van der Waals surface area (Å²) in [5.74, 6) is -4.04. The highest BCUT2D eigenvalue weighted by Crippen LogP contribution is 2.46. The van der Waals surface area contributed by atoms with Crippen LogP contribution in [0.25, 0.3) is 16.7 Å². The third kappa shape index (κ3) is 19.3. The second-order valence-corrected chi connectivity index (χ2v) is 29.2. The fraction of sp³-hybridized carbons (Fsp3) is 0.269. The molecule has 40 heteroatoms. The second kappa shape index (κ2) is 29.4. The largest absolute Gasteiger partial charge is 0.497 e. The number of hydrogen-bond donors (Lipinski definition) is 8. The number of thioether (sulfide) groups is 2. The van der Waals surface area contributed by atoms with Crippen LogP contribution in [0, 0.1) is 25.2 Å². The number of nitrogens with zero attached hydrogens (tertiary/aromatic N) is 11. The first kappa shape index (κ1) is 71.0. The van der Waals surface area contributed by atoms with E-state index in [2.05, 4.69) is 56.5 Å². The number of imidazole rings is 1. The van der Waals surface area contributed by atoms with Gasteiger partial charge in [0.25, 0.3) is 50.6 Å². The van der Waals surface area contributed by atoms with Crippen molar-refractivity contribution in [2.45, 2.75) is 66.5 Å². The van der Waals surface area contributed by atoms with Crippen LogP contribution in [-0.2, 0) is 60.2 Å². The van der Waals surface area contributed by atoms with Crippen LogP contribution in [0.1, 0.15) is 49.8 Å². The zero-order valence-corrected chi connectivity index (χ0v) is 54.2. The van der Waals surface area contributed by atoms with Crippen LogP contribution in [0.4, 0.5) is 56.9 Å². The first-order valence-corrected chi connectivity index (χ1v) is 35.9. The van der Waals surface area contributed by atoms with Gasteiger partial charge in [-0.25, -0.2) is 4.98 Å². The molecule has 0 radical (unpaired) electrons. The molecule has 0 saturated heterocycles. The van der Waals surface area contributed by atoms with Gasteiger partial charge in [-0.1, -0.05) is 0 Å². The van der Waals surface area contributed by atoms with Gasteiger partial charge in [-0.15, -0.1) is 54.2 Å². The van der Waals surface area contributed by atoms with Crippen molar-refractivity contribution >= 4 is 159 Å². The van der Waals surface area contributed by atoms with E-state index < -0.39 is 95.3 Å². The fourth-order valence-corrected chi connectivity index (χ4v) is 13.2. The van der Waals surface area contributed by atoms with E-state index in [-0.39, 0.29) is 143 Å². The van der Waals surface area contributed by atoms with Crippen LogP contribution in [0.2, 0.25) is 0 Å². The monoisotopic (exact) mass is 1400 g/mol. The highest BCUT2D eigenvalue weighted by atomic mass is 32.2. The first-order valence-electron chi connectivity index (χ1n) is 26.2. The molecule has 8 N–H and O–H groups in total. The topological polar surface area (TPSA) is 509 Å². The van der Waals surface area contributed by atoms with Gasteiger partial charge >= 0.3 is 0 Å². The number of rotatable bonds is 28. The van der Waals surface area contributed by atoms with E-state index in [1.54, 1.807) is 6.92 Å². The fourth-order valence-electron chi connectivity index (χ4n) is 8.25. The summed E-state index contributed by atoms with van der Waals surface area (Å²) in [7, 11) is -21.6. The number of hydrogen-bond acceptors (Lipinski definition) is 27. The Morgan fingerprint density at radius 1 is 0.620 bits per heavy atom. The molecule has 0 aliphatic rings. The summed E-state index contributed by atoms with van der Waals surface area (Å²) in [5, 5.41) is 62.1. The van der Waals surface area contributed by atoms with Crippen molar-refractivity contribution in [3.63, 3.8) is 0 Å². The van der Waals surface area contributed by atoms with Gasteiger partial charge in [-0.2, -0.15) is 57.6 Å². The summed E-state index contributed by atoms with van der Waals surface area (Å²) in [6.07, 6.45) is -0.408. The Labute approximate surface area is 533 Å². The standard InChI is InChI=1S/C52H53N13O20S7/c1-28-19-41(61-64-49-29(2)35(27-53)51-56-44-20-33(84-5)21-48(92(81,82)83)50(44)65(51)52(49)68)45(85-13-6-16-88(69,70)71)24-36(28)58-62-42-23-38(55-31(4)67)40(26-47(42)87-15-8-18-90(75,76)77)60-63-43-22-37(54-30(3)66)39(25-46(43)86-14-7-17-89(72,73)74)59-57-32-9-11-34(12-10-32)91(78,79)80/h9-12,19-26,68H,6-8,13-18H2,1-5H3,(H,54,66)(H,55,67)(H,69,70,71)(H,72,73,74)(H,75,76,77)(H,78,79,80)(H,81,82,83). The van der Waals surface area contributed by atoms with Crippen molar-refractivity contribution in [3.05, 3.63) is 89.5 Å². The Bertz CT molecular complexity index is 4850. The highest BCUT2D eigenvalue weighted by molar-refractivity contribution is 7.99. The zero-order chi connectivity index (χ0) is 67.7. The summed E-state index contributed by atoms with van der Waals surface area (Å²) in [4.78, 5) is 29.0. The van der Waals surface area contributed by atoms with Crippen molar-refractivity contribution < 1.29 is 89.0 Å². The molecular formula is C52H53N13O20S7. The molecule has 0 fully saturated rings. The van der Waals surface area contributed by atoms with Crippen LogP contribution in [0.3, 0.4) is 0 Å². The Morgan fingerprint density at radius 3 is 1.61 bits per heavy atom. The maximum absolute atomic E-state index is 12.8. The Balaban J connectivity index is 1.34. The van der Waals surface area contributed by atoms with Gasteiger partial charge < -0.3 is 25.2 Å². The number of carbonyl (C=O) groups is 2. The quantitative estimate of drug-likeness (QED) is 0.00977. The molecule has 5 aromatic carbocycles. The average Bonchev–Trinajstić information content (AvgIpc) is 1.55. The number of aromatic nitrogens is 2. The maximum atomic E-state index is 12.8. The number of benzene rings is 5. The summed E-state index contributed by atoms with van der Waals surface area (Å²) >= 11 is 2.05. The van der Waals surface area contributed by atoms with Crippen LogP contribution in [0.5, 0.6) is 17.4 Å². The SMILES string of the molecule is COc1cc(S(=O)(=O)O)c2c(c1)nc1c(C#N)c(C)c(N=Nc3cc(C)c(N=Nc4cc(NC(C)=O)c(N=Nc5cc(NC(C)=O)c(N=Nc6ccc(S(=O)(=O)O)cc6)cc5SCCCS(=O)(=O)O)cc4SCCCS(=O)(=O)O)cc3OCCCS(=O)(=O)O)c(O)n12. The van der Waals surface area contributed by atoms with Crippen molar-refractivity contribution in [1.82, 2.24) is 9.38 Å². The summed E-state index contributed by atoms with van der Waals surface area (Å²) in [5.41, 5.74) is -0.850. The number of azo groups is 4. The van der Waals surface area contributed by atoms with Crippen molar-refractivity contribution in [2.75, 3.05) is 53.1 Å². The van der Waals surface area contributed by atoms with E-state index >= 15 is 0 Å². The zero-order valence-electron chi connectivity index (χ0n) is 48.5. The molecule has 7 rings (SSSR count). The van der Waals surface area contributed by atoms with Crippen molar-refractivity contribution in [2.24, 2.45) is 40.9 Å². The lowest BCUT2D eigenvalue weighted by Gasteiger charge is -2.13. The minimum atomic E-state index is -5.03. The van der Waals surface area contributed by atoms with Crippen LogP contribution >= 0.6 is 23.5 Å². The normalized spacial score (nSPS) is 12.7. The number of nitrogens with one attached hydrogen (secondary N) is 2. The number of anilines is 2. The van der Waals surface area contributed by atoms with E-state index in [1.165, 1.54) is 82.5 Å². The van der Waals surface area contributed by atoms with Gasteiger partial charge in [0, 0.05) is 47.4 Å². The van der Waals surface area contributed by atoms with Gasteiger partial charge in [0.1, 0.15) is 56.5 Å². The number of carbonyl (C=O) groups excluding carboxylic acids is 2. The smallest absolute Gasteiger partial charge is 0.296 e. The molecule has 0 unspecified atom stereocenters. The molecule has 0 saturated carbocycles. The van der Waals surface area contributed by atoms with Gasteiger partial charge in [-0.05, 0) is 105 Å². The number of nitriles is 1. The van der Waals surface area contributed by atoms with E-state index in [1.807, 2.05) is 6.07 Å². The van der Waals surface area contributed by atoms with E-state index in [0.29, 0.717) is 5.56 Å². The summed E-state index contributed by atoms with van der Waals surface area (Å²) < 4.78 is 179. The average molecular weight is 1400 g/mol. The van der Waals surface area contributed by atoms with Crippen molar-refractivity contribution in [3.8, 4) is 23.4 Å². The molecule has 2 aromatic heterocycles. The van der Waals surface area contributed by atoms with E-state index in [4.69, 9.17) is 9.47 Å². The number of pyridine rings is 1. The molecular weight excluding hydrogens is 1350 g/mol. The number of methoxy groups -OCH3 is 1. The molecule has 33 nitrogen and oxygen atoms in total. The second-order valence-electron chi connectivity index (χ2n) is 19.4. The summed E-state index contributed by atoms with van der Waals surface area (Å²) in [6, 6.07) is 17.1.